The molecule has 4 aromatic rings. The van der Waals surface area contributed by atoms with Gasteiger partial charge in [-0.05, 0) is 64.4 Å². The molecule has 0 spiro atoms. The number of nitrogens with two attached hydrogens (primary N) is 1. The molecule has 0 fully saturated rings. The third-order valence-corrected chi connectivity index (χ3v) is 5.29. The second-order valence-electron chi connectivity index (χ2n) is 6.86. The van der Waals surface area contributed by atoms with Gasteiger partial charge in [0.25, 0.3) is 0 Å². The summed E-state index contributed by atoms with van der Waals surface area (Å²) in [6, 6.07) is 21.1. The molecule has 3 nitrogen and oxygen atoms in total. The zero-order chi connectivity index (χ0) is 19.5. The second kappa shape index (κ2) is 7.73. The summed E-state index contributed by atoms with van der Waals surface area (Å²) in [4.78, 5) is 4.09. The van der Waals surface area contributed by atoms with Crippen molar-refractivity contribution < 1.29 is 4.42 Å². The predicted molar refractivity (Wildman–Crippen MR) is 116 cm³/mol. The van der Waals surface area contributed by atoms with Crippen molar-refractivity contribution in [3.8, 4) is 33.6 Å². The molecule has 0 saturated carbocycles. The fraction of sp³-hybridized carbons (Fsp3) is 0.160. The van der Waals surface area contributed by atoms with Gasteiger partial charge in [-0.25, -0.2) is 4.98 Å². The lowest BCUT2D eigenvalue weighted by Crippen LogP contribution is -2.01. The first-order valence-electron chi connectivity index (χ1n) is 9.71. The Balaban J connectivity index is 1.94. The van der Waals surface area contributed by atoms with Gasteiger partial charge in [0.1, 0.15) is 0 Å². The molecule has 0 aliphatic rings. The minimum Gasteiger partial charge on any atom is -0.443 e. The third-order valence-electron chi connectivity index (χ3n) is 5.29. The zero-order valence-corrected chi connectivity index (χ0v) is 16.3. The van der Waals surface area contributed by atoms with E-state index >= 15 is 0 Å². The van der Waals surface area contributed by atoms with E-state index in [1.54, 1.807) is 6.20 Å². The third kappa shape index (κ3) is 3.20. The smallest absolute Gasteiger partial charge is 0.181 e. The highest BCUT2D eigenvalue weighted by Gasteiger charge is 2.15. The summed E-state index contributed by atoms with van der Waals surface area (Å²) in [5.74, 6) is 0.771. The molecule has 1 aromatic heterocycles. The normalized spacial score (nSPS) is 10.9. The highest BCUT2D eigenvalue weighted by molar-refractivity contribution is 5.86. The molecule has 3 aromatic carbocycles. The Hall–Kier alpha value is -3.33. The molecule has 0 aliphatic carbocycles. The van der Waals surface area contributed by atoms with Gasteiger partial charge in [0.05, 0.1) is 6.20 Å². The van der Waals surface area contributed by atoms with Crippen molar-refractivity contribution in [3.63, 3.8) is 0 Å². The van der Waals surface area contributed by atoms with E-state index < -0.39 is 0 Å². The number of aromatic nitrogens is 1. The van der Waals surface area contributed by atoms with Gasteiger partial charge in [0.15, 0.2) is 12.2 Å². The van der Waals surface area contributed by atoms with Gasteiger partial charge >= 0.3 is 0 Å². The van der Waals surface area contributed by atoms with Gasteiger partial charge in [0.2, 0.25) is 0 Å². The quantitative estimate of drug-likeness (QED) is 0.416. The van der Waals surface area contributed by atoms with E-state index in [0.29, 0.717) is 0 Å². The van der Waals surface area contributed by atoms with E-state index in [9.17, 15) is 0 Å². The van der Waals surface area contributed by atoms with Gasteiger partial charge < -0.3 is 10.2 Å². The van der Waals surface area contributed by atoms with Crippen molar-refractivity contribution in [2.75, 3.05) is 5.73 Å². The minimum atomic E-state index is 0.771. The van der Waals surface area contributed by atoms with Crippen LogP contribution in [0.15, 0.2) is 77.7 Å². The van der Waals surface area contributed by atoms with Crippen LogP contribution in [0.3, 0.4) is 0 Å². The molecule has 0 aliphatic heterocycles. The standard InChI is InChI=1S/C25H24N2O/c1-3-19-20(4-2)24(26)13-12-21(19)18-10-11-22(25-15-27-16-28-25)23(14-18)17-8-6-5-7-9-17/h5-16H,3-4,26H2,1-2H3. The SMILES string of the molecule is CCc1c(N)ccc(-c2ccc(-c3cnco3)c(-c3ccccc3)c2)c1CC. The summed E-state index contributed by atoms with van der Waals surface area (Å²) >= 11 is 0. The van der Waals surface area contributed by atoms with Crippen LogP contribution in [-0.4, -0.2) is 4.98 Å². The molecule has 0 saturated heterocycles. The maximum Gasteiger partial charge on any atom is 0.181 e. The Kier molecular flexibility index (Phi) is 4.98. The van der Waals surface area contributed by atoms with E-state index in [0.717, 1.165) is 41.0 Å². The molecule has 28 heavy (non-hydrogen) atoms. The van der Waals surface area contributed by atoms with E-state index in [2.05, 4.69) is 67.4 Å². The summed E-state index contributed by atoms with van der Waals surface area (Å²) in [6.45, 7) is 4.36. The van der Waals surface area contributed by atoms with Crippen LogP contribution in [0.2, 0.25) is 0 Å². The van der Waals surface area contributed by atoms with Gasteiger partial charge in [-0.15, -0.1) is 0 Å². The molecule has 1 heterocycles. The van der Waals surface area contributed by atoms with Crippen molar-refractivity contribution in [2.45, 2.75) is 26.7 Å². The van der Waals surface area contributed by atoms with Crippen LogP contribution in [-0.2, 0) is 12.8 Å². The number of hydrogen-bond acceptors (Lipinski definition) is 3. The lowest BCUT2D eigenvalue weighted by Gasteiger charge is -2.17. The minimum absolute atomic E-state index is 0.771. The van der Waals surface area contributed by atoms with Crippen LogP contribution >= 0.6 is 0 Å². The zero-order valence-electron chi connectivity index (χ0n) is 16.3. The average Bonchev–Trinajstić information content (AvgIpc) is 3.28. The van der Waals surface area contributed by atoms with Gasteiger partial charge in [-0.1, -0.05) is 56.3 Å². The number of benzene rings is 3. The molecule has 0 bridgehead atoms. The lowest BCUT2D eigenvalue weighted by atomic mass is 9.88. The Morgan fingerprint density at radius 1 is 0.786 bits per heavy atom. The number of anilines is 1. The first kappa shape index (κ1) is 18.1. The van der Waals surface area contributed by atoms with Crippen LogP contribution in [0.4, 0.5) is 5.69 Å². The summed E-state index contributed by atoms with van der Waals surface area (Å²) < 4.78 is 5.60. The van der Waals surface area contributed by atoms with E-state index in [1.165, 1.54) is 28.6 Å². The fourth-order valence-electron chi connectivity index (χ4n) is 3.93. The van der Waals surface area contributed by atoms with Crippen LogP contribution in [0.5, 0.6) is 0 Å². The van der Waals surface area contributed by atoms with Crippen LogP contribution in [0.25, 0.3) is 33.6 Å². The first-order chi connectivity index (χ1) is 13.7. The molecule has 0 unspecified atom stereocenters. The Bertz CT molecular complexity index is 1080. The Labute approximate surface area is 165 Å². The molecule has 140 valence electrons. The van der Waals surface area contributed by atoms with Gasteiger partial charge in [-0.3, -0.25) is 0 Å². The number of rotatable bonds is 5. The van der Waals surface area contributed by atoms with Crippen molar-refractivity contribution in [1.82, 2.24) is 4.98 Å². The molecule has 0 radical (unpaired) electrons. The second-order valence-corrected chi connectivity index (χ2v) is 6.86. The maximum atomic E-state index is 6.24. The molecule has 2 N–H and O–H groups in total. The Morgan fingerprint density at radius 3 is 2.21 bits per heavy atom. The highest BCUT2D eigenvalue weighted by Crippen LogP contribution is 2.38. The average molecular weight is 368 g/mol. The topological polar surface area (TPSA) is 52.0 Å². The predicted octanol–water partition coefficient (Wildman–Crippen LogP) is 6.38. The summed E-state index contributed by atoms with van der Waals surface area (Å²) in [5.41, 5.74) is 15.5. The van der Waals surface area contributed by atoms with Crippen LogP contribution in [0, 0.1) is 0 Å². The Morgan fingerprint density at radius 2 is 1.54 bits per heavy atom. The summed E-state index contributed by atoms with van der Waals surface area (Å²) in [7, 11) is 0. The van der Waals surface area contributed by atoms with E-state index in [4.69, 9.17) is 10.2 Å². The largest absolute Gasteiger partial charge is 0.443 e. The molecular weight excluding hydrogens is 344 g/mol. The van der Waals surface area contributed by atoms with Crippen molar-refractivity contribution in [3.05, 3.63) is 84.4 Å². The lowest BCUT2D eigenvalue weighted by molar-refractivity contribution is 0.572. The molecular formula is C25H24N2O. The van der Waals surface area contributed by atoms with Gasteiger partial charge in [0, 0.05) is 11.3 Å². The summed E-state index contributed by atoms with van der Waals surface area (Å²) in [6.07, 6.45) is 5.12. The molecule has 4 rings (SSSR count). The number of oxazole rings is 1. The van der Waals surface area contributed by atoms with E-state index in [-0.39, 0.29) is 0 Å². The molecule has 0 amide bonds. The summed E-state index contributed by atoms with van der Waals surface area (Å²) in [5, 5.41) is 0. The van der Waals surface area contributed by atoms with Crippen LogP contribution in [0.1, 0.15) is 25.0 Å². The monoisotopic (exact) mass is 368 g/mol. The van der Waals surface area contributed by atoms with Crippen LogP contribution < -0.4 is 5.73 Å². The first-order valence-corrected chi connectivity index (χ1v) is 9.71. The number of hydrogen-bond donors (Lipinski definition) is 1. The van der Waals surface area contributed by atoms with Crippen molar-refractivity contribution in [1.29, 1.82) is 0 Å². The van der Waals surface area contributed by atoms with E-state index in [1.807, 2.05) is 12.1 Å². The van der Waals surface area contributed by atoms with Crippen molar-refractivity contribution >= 4 is 5.69 Å². The molecule has 0 atom stereocenters. The number of nitrogens with zero attached hydrogens (tertiary/aromatic N) is 1. The fourth-order valence-corrected chi connectivity index (χ4v) is 3.93. The number of nitrogen functional groups attached to an aromatic ring is 1. The maximum absolute atomic E-state index is 6.24. The molecule has 3 heteroatoms. The van der Waals surface area contributed by atoms with Gasteiger partial charge in [-0.2, -0.15) is 0 Å². The highest BCUT2D eigenvalue weighted by atomic mass is 16.3. The van der Waals surface area contributed by atoms with Crippen molar-refractivity contribution in [2.24, 2.45) is 0 Å².